The standard InChI is InChI=1S/C9H16Cl2N5O4P.C5H7N3O3.C4H8Cl4NOP/c1-14-8(6-13-9(14)16(17)18)7-20-21(12,19)15(4-2-10)5-3-11;1-7-4(3-9)2-6-5(7)8(10)11;5-1-3-9(4-2-6)11(7,8)10/h6H,2-5,7H2,1H3,(H2,12,19);2,9H,3H2,1H3;1-4H2. The van der Waals surface area contributed by atoms with Gasteiger partial charge in [-0.1, -0.05) is 9.97 Å². The smallest absolute Gasteiger partial charge is 0.390 e. The van der Waals surface area contributed by atoms with Gasteiger partial charge in [-0.25, -0.2) is 24.0 Å². The maximum absolute atomic E-state index is 12.3. The van der Waals surface area contributed by atoms with Crippen LogP contribution in [0.2, 0.25) is 0 Å². The monoisotopic (exact) mass is 773 g/mol. The molecule has 0 amide bonds. The van der Waals surface area contributed by atoms with E-state index in [2.05, 4.69) is 9.97 Å². The highest BCUT2D eigenvalue weighted by atomic mass is 35.9. The van der Waals surface area contributed by atoms with Crippen molar-refractivity contribution in [1.29, 1.82) is 0 Å². The summed E-state index contributed by atoms with van der Waals surface area (Å²) in [5, 5.41) is 29.5. The first-order valence-electron chi connectivity index (χ1n) is 11.7. The quantitative estimate of drug-likeness (QED) is 0.101. The minimum Gasteiger partial charge on any atom is -0.390 e. The van der Waals surface area contributed by atoms with Gasteiger partial charge in [0.2, 0.25) is 0 Å². The van der Waals surface area contributed by atoms with Crippen LogP contribution in [0.1, 0.15) is 11.4 Å². The fourth-order valence-corrected chi connectivity index (χ4v) is 6.95. The summed E-state index contributed by atoms with van der Waals surface area (Å²) in [6.07, 6.45) is 2.55. The number of nitrogens with zero attached hydrogens (tertiary/aromatic N) is 8. The molecule has 0 saturated heterocycles. The van der Waals surface area contributed by atoms with E-state index in [1.54, 1.807) is 0 Å². The van der Waals surface area contributed by atoms with Gasteiger partial charge < -0.3 is 25.3 Å². The predicted molar refractivity (Wildman–Crippen MR) is 168 cm³/mol. The fraction of sp³-hybridized carbons (Fsp3) is 0.667. The van der Waals surface area contributed by atoms with Crippen molar-refractivity contribution in [1.82, 2.24) is 28.4 Å². The van der Waals surface area contributed by atoms with E-state index in [1.807, 2.05) is 0 Å². The Kier molecular flexibility index (Phi) is 20.7. The van der Waals surface area contributed by atoms with E-state index in [4.69, 9.17) is 84.0 Å². The summed E-state index contributed by atoms with van der Waals surface area (Å²) in [6, 6.07) is 0. The van der Waals surface area contributed by atoms with Crippen LogP contribution in [0.5, 0.6) is 0 Å². The molecule has 0 radical (unpaired) electrons. The molecule has 0 saturated carbocycles. The lowest BCUT2D eigenvalue weighted by molar-refractivity contribution is -0.396. The Morgan fingerprint density at radius 3 is 1.53 bits per heavy atom. The first kappa shape index (κ1) is 42.2. The fourth-order valence-electron chi connectivity index (χ4n) is 2.85. The van der Waals surface area contributed by atoms with Crippen LogP contribution in [0.3, 0.4) is 0 Å². The number of nitro groups is 2. The van der Waals surface area contributed by atoms with Crippen molar-refractivity contribution in [3.05, 3.63) is 44.0 Å². The van der Waals surface area contributed by atoms with Crippen molar-refractivity contribution in [2.45, 2.75) is 13.2 Å². The number of rotatable bonds is 16. The average molecular weight is 776 g/mol. The molecular weight excluding hydrogens is 745 g/mol. The molecule has 248 valence electrons. The van der Waals surface area contributed by atoms with Crippen molar-refractivity contribution < 1.29 is 28.6 Å². The number of hydrogen-bond acceptors (Lipinski definition) is 10. The predicted octanol–water partition coefficient (Wildman–Crippen LogP) is 4.86. The number of nitrogens with two attached hydrogens (primary N) is 1. The second-order valence-electron chi connectivity index (χ2n) is 7.82. The normalized spacial score (nSPS) is 12.7. The van der Waals surface area contributed by atoms with Crippen molar-refractivity contribution in [3.63, 3.8) is 0 Å². The zero-order valence-electron chi connectivity index (χ0n) is 22.8. The maximum atomic E-state index is 12.3. The molecule has 43 heavy (non-hydrogen) atoms. The van der Waals surface area contributed by atoms with Crippen LogP contribution in [-0.4, -0.2) is 93.1 Å². The summed E-state index contributed by atoms with van der Waals surface area (Å²) < 4.78 is 33.8. The Bertz CT molecular complexity index is 1240. The SMILES string of the molecule is Cn1c(CO)cnc1[N+](=O)[O-].Cn1c(COP(N)(=O)N(CCCl)CCCl)cnc1[N+](=O)[O-].O=P(Cl)(Cl)N(CCCl)CCCl. The number of aromatic nitrogens is 4. The van der Waals surface area contributed by atoms with Crippen LogP contribution in [0.25, 0.3) is 0 Å². The first-order chi connectivity index (χ1) is 20.0. The van der Waals surface area contributed by atoms with Crippen molar-refractivity contribution in [3.8, 4) is 0 Å². The largest absolute Gasteiger partial charge is 0.434 e. The van der Waals surface area contributed by atoms with Gasteiger partial charge in [-0.15, -0.1) is 46.4 Å². The Morgan fingerprint density at radius 2 is 1.23 bits per heavy atom. The highest BCUT2D eigenvalue weighted by Gasteiger charge is 2.28. The van der Waals surface area contributed by atoms with Crippen LogP contribution >= 0.6 is 82.6 Å². The number of aliphatic hydroxyl groups is 1. The minimum atomic E-state index is -3.58. The van der Waals surface area contributed by atoms with E-state index >= 15 is 0 Å². The van der Waals surface area contributed by atoms with Crippen molar-refractivity contribution in [2.24, 2.45) is 19.6 Å². The molecule has 1 atom stereocenters. The van der Waals surface area contributed by atoms with Gasteiger partial charge in [-0.2, -0.15) is 0 Å². The first-order valence-corrected chi connectivity index (χ1v) is 19.0. The second-order valence-corrected chi connectivity index (χ2v) is 16.0. The molecule has 0 fully saturated rings. The minimum absolute atomic E-state index is 0.174. The summed E-state index contributed by atoms with van der Waals surface area (Å²) in [6.45, 7) is 0.877. The van der Waals surface area contributed by atoms with Gasteiger partial charge in [0.25, 0.3) is 0 Å². The topological polar surface area (TPSA) is 218 Å². The van der Waals surface area contributed by atoms with Crippen LogP contribution in [0, 0.1) is 20.2 Å². The van der Waals surface area contributed by atoms with E-state index in [1.165, 1.54) is 45.0 Å². The van der Waals surface area contributed by atoms with Crippen LogP contribution < -0.4 is 5.50 Å². The molecule has 17 nitrogen and oxygen atoms in total. The van der Waals surface area contributed by atoms with Gasteiger partial charge in [-0.3, -0.25) is 13.7 Å². The van der Waals surface area contributed by atoms with E-state index in [9.17, 15) is 29.4 Å². The molecule has 1 unspecified atom stereocenters. The molecule has 0 spiro atoms. The van der Waals surface area contributed by atoms with Gasteiger partial charge in [0.15, 0.2) is 0 Å². The summed E-state index contributed by atoms with van der Waals surface area (Å²) in [5.41, 5.74) is 6.48. The summed E-state index contributed by atoms with van der Waals surface area (Å²) in [7, 11) is -0.640. The zero-order valence-corrected chi connectivity index (χ0v) is 29.2. The van der Waals surface area contributed by atoms with Crippen LogP contribution in [0.4, 0.5) is 11.9 Å². The molecule has 0 aliphatic heterocycles. The molecule has 0 aliphatic rings. The zero-order chi connectivity index (χ0) is 33.4. The van der Waals surface area contributed by atoms with E-state index < -0.39 is 23.5 Å². The van der Waals surface area contributed by atoms with Crippen molar-refractivity contribution in [2.75, 3.05) is 49.7 Å². The summed E-state index contributed by atoms with van der Waals surface area (Å²) in [4.78, 5) is 26.8. The summed E-state index contributed by atoms with van der Waals surface area (Å²) >= 11 is 32.8. The highest BCUT2D eigenvalue weighted by molar-refractivity contribution is 8.06. The Hall–Kier alpha value is -0.780. The Labute approximate surface area is 276 Å². The highest BCUT2D eigenvalue weighted by Crippen LogP contribution is 2.59. The number of alkyl halides is 4. The molecule has 2 rings (SSSR count). The van der Waals surface area contributed by atoms with Crippen molar-refractivity contribution >= 4 is 94.5 Å². The maximum Gasteiger partial charge on any atom is 0.434 e. The lowest BCUT2D eigenvalue weighted by Gasteiger charge is -2.26. The molecule has 3 N–H and O–H groups in total. The van der Waals surface area contributed by atoms with Gasteiger partial charge in [-0.05, 0) is 32.3 Å². The van der Waals surface area contributed by atoms with E-state index in [0.29, 0.717) is 36.2 Å². The van der Waals surface area contributed by atoms with Crippen LogP contribution in [-0.2, 0) is 41.0 Å². The number of halogens is 6. The molecular formula is C18H31Cl6N9O8P2. The number of imidazole rings is 2. The molecule has 0 bridgehead atoms. The van der Waals surface area contributed by atoms with Gasteiger partial charge in [0.05, 0.1) is 14.1 Å². The Balaban J connectivity index is 0.000000677. The lowest BCUT2D eigenvalue weighted by Crippen LogP contribution is -2.29. The third-order valence-corrected chi connectivity index (χ3v) is 9.80. The summed E-state index contributed by atoms with van der Waals surface area (Å²) in [5.74, 6) is -2.68. The molecule has 2 aromatic rings. The third-order valence-electron chi connectivity index (χ3n) is 5.10. The van der Waals surface area contributed by atoms with E-state index in [-0.39, 0.29) is 50.0 Å². The second kappa shape index (κ2) is 21.1. The van der Waals surface area contributed by atoms with E-state index in [0.717, 1.165) is 0 Å². The molecule has 2 heterocycles. The molecule has 0 aliphatic carbocycles. The van der Waals surface area contributed by atoms with Gasteiger partial charge >= 0.3 is 25.6 Å². The molecule has 2 aromatic heterocycles. The molecule has 0 aromatic carbocycles. The lowest BCUT2D eigenvalue weighted by atomic mass is 10.5. The number of hydrogen-bond donors (Lipinski definition) is 2. The Morgan fingerprint density at radius 1 is 0.860 bits per heavy atom. The van der Waals surface area contributed by atoms with Crippen LogP contribution in [0.15, 0.2) is 12.4 Å². The van der Waals surface area contributed by atoms with Gasteiger partial charge in [0, 0.05) is 49.7 Å². The average Bonchev–Trinajstić information content (AvgIpc) is 3.49. The molecule has 25 heteroatoms. The number of aliphatic hydroxyl groups excluding tert-OH is 1. The van der Waals surface area contributed by atoms with Gasteiger partial charge in [0.1, 0.15) is 37.0 Å². The third kappa shape index (κ3) is 14.9.